The van der Waals surface area contributed by atoms with Gasteiger partial charge in [0, 0.05) is 6.04 Å². The first-order valence-corrected chi connectivity index (χ1v) is 12.6. The first kappa shape index (κ1) is 28.7. The minimum Gasteiger partial charge on any atom is -0.468 e. The maximum Gasteiger partial charge on any atom is 0.325 e. The zero-order chi connectivity index (χ0) is 24.8. The van der Waals surface area contributed by atoms with Crippen LogP contribution in [-0.2, 0) is 28.7 Å². The van der Waals surface area contributed by atoms with Crippen LogP contribution in [0, 0.1) is 0 Å². The average Bonchev–Trinajstić information content (AvgIpc) is 3.31. The van der Waals surface area contributed by atoms with Crippen LogP contribution in [0.15, 0.2) is 0 Å². The molecule has 4 N–H and O–H groups in total. The van der Waals surface area contributed by atoms with Crippen molar-refractivity contribution in [1.29, 1.82) is 0 Å². The van der Waals surface area contributed by atoms with Gasteiger partial charge < -0.3 is 26.0 Å². The van der Waals surface area contributed by atoms with Gasteiger partial charge in [-0.2, -0.15) is 11.8 Å². The number of nitrogens with one attached hydrogen (secondary N) is 4. The Hall–Kier alpha value is -2.34. The molecule has 1 saturated heterocycles. The molecule has 3 atom stereocenters. The van der Waals surface area contributed by atoms with E-state index in [1.165, 1.54) is 7.11 Å². The van der Waals surface area contributed by atoms with Crippen molar-refractivity contribution in [1.82, 2.24) is 26.2 Å². The zero-order valence-corrected chi connectivity index (χ0v) is 20.7. The molecule has 1 unspecified atom stereocenters. The summed E-state index contributed by atoms with van der Waals surface area (Å²) in [6.45, 7) is 4.07. The lowest BCUT2D eigenvalue weighted by Gasteiger charge is -2.30. The Balaban J connectivity index is 2.53. The van der Waals surface area contributed by atoms with Crippen LogP contribution in [0.2, 0.25) is 0 Å². The second-order valence-electron chi connectivity index (χ2n) is 7.84. The van der Waals surface area contributed by atoms with Gasteiger partial charge in [0.15, 0.2) is 0 Å². The number of hydrogen-bond donors (Lipinski definition) is 4. The number of hydrogen-bond acceptors (Lipinski definition) is 8. The molecule has 0 aromatic carbocycles. The van der Waals surface area contributed by atoms with E-state index in [1.807, 2.05) is 6.26 Å². The molecule has 188 valence electrons. The summed E-state index contributed by atoms with van der Waals surface area (Å²) in [5.74, 6) is -1.68. The third-order valence-corrected chi connectivity index (χ3v) is 6.17. The molecule has 0 bridgehead atoms. The van der Waals surface area contributed by atoms with Crippen LogP contribution in [0.5, 0.6) is 0 Å². The lowest BCUT2D eigenvalue weighted by molar-refractivity contribution is -0.141. The van der Waals surface area contributed by atoms with Gasteiger partial charge >= 0.3 is 5.97 Å². The summed E-state index contributed by atoms with van der Waals surface area (Å²) >= 11 is 1.56. The third-order valence-electron chi connectivity index (χ3n) is 5.52. The monoisotopic (exact) mass is 487 g/mol. The van der Waals surface area contributed by atoms with Crippen molar-refractivity contribution in [2.45, 2.75) is 57.7 Å². The van der Waals surface area contributed by atoms with Crippen molar-refractivity contribution in [2.24, 2.45) is 0 Å². The fourth-order valence-corrected chi connectivity index (χ4v) is 3.91. The highest BCUT2D eigenvalue weighted by Crippen LogP contribution is 2.21. The van der Waals surface area contributed by atoms with Gasteiger partial charge in [0.25, 0.3) is 0 Å². The van der Waals surface area contributed by atoms with Crippen LogP contribution in [0.4, 0.5) is 0 Å². The molecule has 4 amide bonds. The van der Waals surface area contributed by atoms with E-state index >= 15 is 0 Å². The maximum absolute atomic E-state index is 12.9. The summed E-state index contributed by atoms with van der Waals surface area (Å²) in [5.41, 5.74) is 0. The van der Waals surface area contributed by atoms with Crippen molar-refractivity contribution in [3.05, 3.63) is 0 Å². The molecule has 0 aromatic heterocycles. The van der Waals surface area contributed by atoms with Gasteiger partial charge in [0.1, 0.15) is 12.6 Å². The molecule has 1 rings (SSSR count). The van der Waals surface area contributed by atoms with Crippen LogP contribution >= 0.6 is 11.8 Å². The van der Waals surface area contributed by atoms with Gasteiger partial charge in [-0.1, -0.05) is 6.92 Å². The highest BCUT2D eigenvalue weighted by Gasteiger charge is 2.34. The van der Waals surface area contributed by atoms with E-state index in [1.54, 1.807) is 11.8 Å². The highest BCUT2D eigenvalue weighted by molar-refractivity contribution is 7.98. The highest BCUT2D eigenvalue weighted by atomic mass is 32.2. The van der Waals surface area contributed by atoms with E-state index in [2.05, 4.69) is 44.8 Å². The molecule has 0 aliphatic carbocycles. The van der Waals surface area contributed by atoms with Gasteiger partial charge in [0.05, 0.1) is 26.2 Å². The van der Waals surface area contributed by atoms with Crippen LogP contribution in [0.25, 0.3) is 0 Å². The molecular formula is C21H37N5O6S. The summed E-state index contributed by atoms with van der Waals surface area (Å²) in [5, 5.41) is 10.0. The molecule has 0 spiro atoms. The molecule has 1 aliphatic heterocycles. The van der Waals surface area contributed by atoms with E-state index in [9.17, 15) is 24.0 Å². The van der Waals surface area contributed by atoms with E-state index < -0.39 is 29.7 Å². The number of amides is 4. The van der Waals surface area contributed by atoms with Crippen LogP contribution in [-0.4, -0.2) is 97.9 Å². The molecule has 1 heterocycles. The standard InChI is InChI=1S/C21H37N5O6S/c1-5-14(2)26-9-6-7-16(26)21(31)25-15(8-10-33-4)20(30)24-12-18(28)22-11-17(27)23-13-19(29)32-3/h14-16H,5-13H2,1-4H3,(H,22,28)(H,23,27)(H,24,30)(H,25,31)/t14?,15-,16-/m0/s1. The van der Waals surface area contributed by atoms with Gasteiger partial charge in [-0.25, -0.2) is 0 Å². The Morgan fingerprint density at radius 2 is 1.70 bits per heavy atom. The normalized spacial score (nSPS) is 17.5. The van der Waals surface area contributed by atoms with Crippen molar-refractivity contribution < 1.29 is 28.7 Å². The van der Waals surface area contributed by atoms with Crippen LogP contribution in [0.1, 0.15) is 39.5 Å². The number of carbonyl (C=O) groups is 5. The number of esters is 1. The molecule has 1 aliphatic rings. The number of ether oxygens (including phenoxy) is 1. The first-order chi connectivity index (χ1) is 15.7. The Bertz CT molecular complexity index is 692. The molecule has 1 fully saturated rings. The number of carbonyl (C=O) groups excluding carboxylic acids is 5. The Kier molecular flexibility index (Phi) is 13.5. The molecule has 12 heteroatoms. The smallest absolute Gasteiger partial charge is 0.325 e. The topological polar surface area (TPSA) is 146 Å². The Morgan fingerprint density at radius 1 is 1.06 bits per heavy atom. The molecule has 0 saturated carbocycles. The van der Waals surface area contributed by atoms with E-state index in [-0.39, 0.29) is 37.6 Å². The van der Waals surface area contributed by atoms with Crippen LogP contribution in [0.3, 0.4) is 0 Å². The van der Waals surface area contributed by atoms with Gasteiger partial charge in [-0.05, 0) is 51.2 Å². The second kappa shape index (κ2) is 15.5. The molecular weight excluding hydrogens is 450 g/mol. The predicted octanol–water partition coefficient (Wildman–Crippen LogP) is -0.991. The summed E-state index contributed by atoms with van der Waals surface area (Å²) in [6, 6.07) is -0.716. The summed E-state index contributed by atoms with van der Waals surface area (Å²) in [6.07, 6.45) is 4.99. The molecule has 33 heavy (non-hydrogen) atoms. The summed E-state index contributed by atoms with van der Waals surface area (Å²) in [4.78, 5) is 62.3. The lowest BCUT2D eigenvalue weighted by Crippen LogP contribution is -2.54. The summed E-state index contributed by atoms with van der Waals surface area (Å²) in [7, 11) is 1.20. The number of nitrogens with zero attached hydrogens (tertiary/aromatic N) is 1. The van der Waals surface area contributed by atoms with Crippen molar-refractivity contribution in [3.8, 4) is 0 Å². The van der Waals surface area contributed by atoms with Gasteiger partial charge in [-0.15, -0.1) is 0 Å². The largest absolute Gasteiger partial charge is 0.468 e. The fraction of sp³-hybridized carbons (Fsp3) is 0.762. The first-order valence-electron chi connectivity index (χ1n) is 11.2. The number of likely N-dealkylation sites (tertiary alicyclic amines) is 1. The van der Waals surface area contributed by atoms with Gasteiger partial charge in [0.2, 0.25) is 23.6 Å². The molecule has 11 nitrogen and oxygen atoms in total. The minimum atomic E-state index is -0.750. The Labute approximate surface area is 199 Å². The fourth-order valence-electron chi connectivity index (χ4n) is 3.44. The number of methoxy groups -OCH3 is 1. The quantitative estimate of drug-likeness (QED) is 0.229. The minimum absolute atomic E-state index is 0.166. The van der Waals surface area contributed by atoms with Crippen molar-refractivity contribution in [2.75, 3.05) is 45.3 Å². The predicted molar refractivity (Wildman–Crippen MR) is 125 cm³/mol. The SMILES string of the molecule is CCC(C)N1CCC[C@H]1C(=O)N[C@@H](CCSC)C(=O)NCC(=O)NCC(=O)NCC(=O)OC. The molecule has 0 aromatic rings. The second-order valence-corrected chi connectivity index (χ2v) is 8.83. The third kappa shape index (κ3) is 10.4. The maximum atomic E-state index is 12.9. The summed E-state index contributed by atoms with van der Waals surface area (Å²) < 4.78 is 4.40. The number of thioether (sulfide) groups is 1. The lowest BCUT2D eigenvalue weighted by atomic mass is 10.1. The van der Waals surface area contributed by atoms with E-state index in [0.717, 1.165) is 25.8 Å². The van der Waals surface area contributed by atoms with Crippen LogP contribution < -0.4 is 21.3 Å². The Morgan fingerprint density at radius 3 is 2.30 bits per heavy atom. The van der Waals surface area contributed by atoms with E-state index in [4.69, 9.17) is 0 Å². The van der Waals surface area contributed by atoms with Gasteiger partial charge in [-0.3, -0.25) is 28.9 Å². The zero-order valence-electron chi connectivity index (χ0n) is 19.9. The van der Waals surface area contributed by atoms with Crippen molar-refractivity contribution >= 4 is 41.4 Å². The number of rotatable bonds is 14. The average molecular weight is 488 g/mol. The molecule has 0 radical (unpaired) electrons. The van der Waals surface area contributed by atoms with Crippen molar-refractivity contribution in [3.63, 3.8) is 0 Å². The van der Waals surface area contributed by atoms with E-state index in [0.29, 0.717) is 12.2 Å².